The van der Waals surface area contributed by atoms with E-state index in [-0.39, 0.29) is 11.8 Å². The van der Waals surface area contributed by atoms with Crippen molar-refractivity contribution in [2.75, 3.05) is 13.1 Å². The van der Waals surface area contributed by atoms with Crippen LogP contribution in [0.25, 0.3) is 9.88 Å². The van der Waals surface area contributed by atoms with Gasteiger partial charge in [-0.05, 0) is 24.8 Å². The van der Waals surface area contributed by atoms with Gasteiger partial charge in [0.2, 0.25) is 5.89 Å². The third-order valence-corrected chi connectivity index (χ3v) is 5.70. The molecular formula is C15H14N4O2S2. The lowest BCUT2D eigenvalue weighted by Crippen LogP contribution is -2.28. The number of likely N-dealkylation sites (tertiary alicyclic amines) is 1. The third kappa shape index (κ3) is 2.79. The molecule has 6 nitrogen and oxygen atoms in total. The molecule has 0 bridgehead atoms. The van der Waals surface area contributed by atoms with Crippen LogP contribution in [0.2, 0.25) is 0 Å². The van der Waals surface area contributed by atoms with Gasteiger partial charge in [0.1, 0.15) is 10.7 Å². The van der Waals surface area contributed by atoms with E-state index in [1.165, 1.54) is 11.3 Å². The van der Waals surface area contributed by atoms with Crippen molar-refractivity contribution in [2.45, 2.75) is 19.3 Å². The molecule has 3 aromatic rings. The monoisotopic (exact) mass is 346 g/mol. The Morgan fingerprint density at radius 2 is 2.30 bits per heavy atom. The maximum absolute atomic E-state index is 12.6. The van der Waals surface area contributed by atoms with Crippen molar-refractivity contribution in [3.8, 4) is 9.88 Å². The van der Waals surface area contributed by atoms with E-state index in [2.05, 4.69) is 15.1 Å². The number of amides is 1. The summed E-state index contributed by atoms with van der Waals surface area (Å²) in [6, 6.07) is 4.00. The summed E-state index contributed by atoms with van der Waals surface area (Å²) in [7, 11) is 0. The lowest BCUT2D eigenvalue weighted by Gasteiger charge is -2.13. The molecule has 1 amide bonds. The number of aromatic nitrogens is 3. The Morgan fingerprint density at radius 1 is 1.39 bits per heavy atom. The molecule has 1 aliphatic heterocycles. The van der Waals surface area contributed by atoms with Gasteiger partial charge in [0.15, 0.2) is 5.82 Å². The molecule has 3 aromatic heterocycles. The van der Waals surface area contributed by atoms with E-state index in [0.29, 0.717) is 30.5 Å². The molecule has 1 atom stereocenters. The van der Waals surface area contributed by atoms with Crippen LogP contribution in [0.15, 0.2) is 27.4 Å². The molecule has 1 unspecified atom stereocenters. The summed E-state index contributed by atoms with van der Waals surface area (Å²) in [4.78, 5) is 24.3. The summed E-state index contributed by atoms with van der Waals surface area (Å²) in [5.41, 5.74) is 0.515. The van der Waals surface area contributed by atoms with E-state index in [1.807, 2.05) is 27.8 Å². The predicted molar refractivity (Wildman–Crippen MR) is 87.7 cm³/mol. The molecule has 118 valence electrons. The topological polar surface area (TPSA) is 72.1 Å². The van der Waals surface area contributed by atoms with Crippen molar-refractivity contribution in [1.29, 1.82) is 0 Å². The van der Waals surface area contributed by atoms with Gasteiger partial charge in [0, 0.05) is 18.5 Å². The maximum atomic E-state index is 12.6. The van der Waals surface area contributed by atoms with Crippen molar-refractivity contribution in [3.63, 3.8) is 0 Å². The van der Waals surface area contributed by atoms with Crippen LogP contribution < -0.4 is 0 Å². The molecular weight excluding hydrogens is 332 g/mol. The summed E-state index contributed by atoms with van der Waals surface area (Å²) in [6.45, 7) is 3.09. The molecule has 1 saturated heterocycles. The quantitative estimate of drug-likeness (QED) is 0.728. The van der Waals surface area contributed by atoms with E-state index in [9.17, 15) is 4.79 Å². The van der Waals surface area contributed by atoms with Crippen LogP contribution >= 0.6 is 22.7 Å². The minimum atomic E-state index is -0.0252. The smallest absolute Gasteiger partial charge is 0.273 e. The Balaban J connectivity index is 1.48. The Labute approximate surface area is 140 Å². The number of thiophene rings is 1. The molecule has 0 N–H and O–H groups in total. The van der Waals surface area contributed by atoms with Crippen LogP contribution in [-0.4, -0.2) is 39.0 Å². The first-order chi connectivity index (χ1) is 11.2. The van der Waals surface area contributed by atoms with E-state index >= 15 is 0 Å². The lowest BCUT2D eigenvalue weighted by atomic mass is 10.1. The van der Waals surface area contributed by atoms with Crippen molar-refractivity contribution in [3.05, 3.63) is 40.3 Å². The normalized spacial score (nSPS) is 17.8. The summed E-state index contributed by atoms with van der Waals surface area (Å²) < 4.78 is 5.22. The zero-order valence-electron chi connectivity index (χ0n) is 12.4. The minimum Gasteiger partial charge on any atom is -0.339 e. The van der Waals surface area contributed by atoms with Gasteiger partial charge in [-0.1, -0.05) is 11.2 Å². The van der Waals surface area contributed by atoms with Gasteiger partial charge in [0.05, 0.1) is 10.8 Å². The Hall–Kier alpha value is -2.06. The van der Waals surface area contributed by atoms with Crippen molar-refractivity contribution < 1.29 is 9.32 Å². The van der Waals surface area contributed by atoms with E-state index < -0.39 is 0 Å². The molecule has 1 aliphatic rings. The summed E-state index contributed by atoms with van der Waals surface area (Å²) >= 11 is 3.13. The number of hydrogen-bond acceptors (Lipinski definition) is 7. The number of rotatable bonds is 3. The van der Waals surface area contributed by atoms with Crippen LogP contribution in [0.4, 0.5) is 0 Å². The highest BCUT2D eigenvalue weighted by Crippen LogP contribution is 2.30. The number of nitrogens with zero attached hydrogens (tertiary/aromatic N) is 4. The first kappa shape index (κ1) is 14.5. The highest BCUT2D eigenvalue weighted by atomic mass is 32.1. The minimum absolute atomic E-state index is 0.0252. The first-order valence-electron chi connectivity index (χ1n) is 7.29. The van der Waals surface area contributed by atoms with Gasteiger partial charge in [-0.3, -0.25) is 4.79 Å². The van der Waals surface area contributed by atoms with Crippen LogP contribution in [0.1, 0.15) is 34.5 Å². The number of carbonyl (C=O) groups is 1. The van der Waals surface area contributed by atoms with Crippen molar-refractivity contribution in [2.24, 2.45) is 0 Å². The fourth-order valence-electron chi connectivity index (χ4n) is 2.67. The largest absolute Gasteiger partial charge is 0.339 e. The summed E-state index contributed by atoms with van der Waals surface area (Å²) in [5.74, 6) is 1.35. The molecule has 0 aromatic carbocycles. The predicted octanol–water partition coefficient (Wildman–Crippen LogP) is 3.19. The average molecular weight is 346 g/mol. The molecule has 0 spiro atoms. The number of hydrogen-bond donors (Lipinski definition) is 0. The van der Waals surface area contributed by atoms with E-state index in [0.717, 1.165) is 16.3 Å². The molecule has 0 radical (unpaired) electrons. The number of thiazole rings is 1. The standard InChI is InChI=1S/C15H14N4O2S2/c1-9-16-13(21-18-9)10-4-5-19(7-10)15(20)11-8-23-14(17-11)12-3-2-6-22-12/h2-3,6,8,10H,4-5,7H2,1H3. The average Bonchev–Trinajstić information content (AvgIpc) is 3.31. The van der Waals surface area contributed by atoms with Gasteiger partial charge in [-0.25, -0.2) is 4.98 Å². The maximum Gasteiger partial charge on any atom is 0.273 e. The first-order valence-corrected chi connectivity index (χ1v) is 9.05. The van der Waals surface area contributed by atoms with Crippen LogP contribution in [0.3, 0.4) is 0 Å². The van der Waals surface area contributed by atoms with Crippen LogP contribution in [-0.2, 0) is 0 Å². The van der Waals surface area contributed by atoms with Gasteiger partial charge < -0.3 is 9.42 Å². The highest BCUT2D eigenvalue weighted by Gasteiger charge is 2.32. The molecule has 4 heterocycles. The molecule has 23 heavy (non-hydrogen) atoms. The second kappa shape index (κ2) is 5.86. The van der Waals surface area contributed by atoms with Gasteiger partial charge in [-0.2, -0.15) is 4.98 Å². The Bertz CT molecular complexity index is 824. The lowest BCUT2D eigenvalue weighted by molar-refractivity contribution is 0.0784. The second-order valence-corrected chi connectivity index (χ2v) is 7.24. The third-order valence-electron chi connectivity index (χ3n) is 3.82. The zero-order valence-corrected chi connectivity index (χ0v) is 14.1. The van der Waals surface area contributed by atoms with Gasteiger partial charge >= 0.3 is 0 Å². The summed E-state index contributed by atoms with van der Waals surface area (Å²) in [6.07, 6.45) is 0.843. The molecule has 1 fully saturated rings. The van der Waals surface area contributed by atoms with Gasteiger partial charge in [-0.15, -0.1) is 22.7 Å². The molecule has 0 saturated carbocycles. The molecule has 4 rings (SSSR count). The van der Waals surface area contributed by atoms with Crippen molar-refractivity contribution >= 4 is 28.6 Å². The molecule has 0 aliphatic carbocycles. The number of carbonyl (C=O) groups excluding carboxylic acids is 1. The summed E-state index contributed by atoms with van der Waals surface area (Å²) in [5, 5.41) is 8.56. The SMILES string of the molecule is Cc1noc(C2CCN(C(=O)c3csc(-c4cccs4)n3)C2)n1. The Kier molecular flexibility index (Phi) is 3.70. The van der Waals surface area contributed by atoms with E-state index in [4.69, 9.17) is 4.52 Å². The fourth-order valence-corrected chi connectivity index (χ4v) is 4.28. The molecule has 8 heteroatoms. The second-order valence-electron chi connectivity index (χ2n) is 5.43. The van der Waals surface area contributed by atoms with Crippen LogP contribution in [0.5, 0.6) is 0 Å². The highest BCUT2D eigenvalue weighted by molar-refractivity contribution is 7.20. The van der Waals surface area contributed by atoms with Crippen LogP contribution in [0, 0.1) is 6.92 Å². The zero-order chi connectivity index (χ0) is 15.8. The van der Waals surface area contributed by atoms with Crippen molar-refractivity contribution in [1.82, 2.24) is 20.0 Å². The van der Waals surface area contributed by atoms with Gasteiger partial charge in [0.25, 0.3) is 5.91 Å². The van der Waals surface area contributed by atoms with E-state index in [1.54, 1.807) is 18.3 Å². The fraction of sp³-hybridized carbons (Fsp3) is 0.333. The Morgan fingerprint density at radius 3 is 3.04 bits per heavy atom. The number of aryl methyl sites for hydroxylation is 1.